The van der Waals surface area contributed by atoms with Gasteiger partial charge in [-0.2, -0.15) is 0 Å². The van der Waals surface area contributed by atoms with E-state index in [1.54, 1.807) is 25.1 Å². The van der Waals surface area contributed by atoms with Crippen molar-refractivity contribution in [3.63, 3.8) is 0 Å². The fraction of sp³-hybridized carbons (Fsp3) is 0.300. The topological polar surface area (TPSA) is 76.7 Å². The summed E-state index contributed by atoms with van der Waals surface area (Å²) in [5, 5.41) is 5.57. The third-order valence-electron chi connectivity index (χ3n) is 4.40. The number of carbonyl (C=O) groups is 2. The summed E-state index contributed by atoms with van der Waals surface area (Å²) in [5.74, 6) is -0.0786. The van der Waals surface area contributed by atoms with Crippen LogP contribution in [0.3, 0.4) is 0 Å². The summed E-state index contributed by atoms with van der Waals surface area (Å²) in [6, 6.07) is 9.48. The van der Waals surface area contributed by atoms with Crippen molar-refractivity contribution in [1.82, 2.24) is 5.32 Å². The van der Waals surface area contributed by atoms with Gasteiger partial charge in [-0.25, -0.2) is 4.39 Å². The molecule has 2 N–H and O–H groups in total. The number of carbonyl (C=O) groups excluding carboxylic acids is 2. The minimum atomic E-state index is -0.478. The summed E-state index contributed by atoms with van der Waals surface area (Å²) in [7, 11) is 1.40. The molecule has 1 aliphatic rings. The molecule has 142 valence electrons. The lowest BCUT2D eigenvalue weighted by molar-refractivity contribution is -0.123. The molecule has 27 heavy (non-hydrogen) atoms. The van der Waals surface area contributed by atoms with Crippen LogP contribution in [0.2, 0.25) is 0 Å². The molecule has 0 bridgehead atoms. The molecule has 1 atom stereocenters. The maximum absolute atomic E-state index is 13.8. The smallest absolute Gasteiger partial charge is 0.258 e. The van der Waals surface area contributed by atoms with Crippen molar-refractivity contribution in [3.8, 4) is 11.5 Å². The Bertz CT molecular complexity index is 869. The van der Waals surface area contributed by atoms with E-state index in [0.717, 1.165) is 11.3 Å². The number of aryl methyl sites for hydroxylation is 1. The molecule has 0 radical (unpaired) electrons. The molecule has 0 aromatic heterocycles. The van der Waals surface area contributed by atoms with E-state index in [9.17, 15) is 14.0 Å². The zero-order chi connectivity index (χ0) is 19.4. The number of methoxy groups -OCH3 is 1. The van der Waals surface area contributed by atoms with Crippen LogP contribution in [0, 0.1) is 5.82 Å². The van der Waals surface area contributed by atoms with Crippen molar-refractivity contribution in [2.45, 2.75) is 25.8 Å². The lowest BCUT2D eigenvalue weighted by Gasteiger charge is -2.18. The fourth-order valence-corrected chi connectivity index (χ4v) is 2.92. The number of rotatable bonds is 6. The Hall–Kier alpha value is -3.09. The number of benzene rings is 2. The lowest BCUT2D eigenvalue weighted by atomic mass is 10.0. The molecule has 0 aliphatic carbocycles. The molecule has 7 heteroatoms. The summed E-state index contributed by atoms with van der Waals surface area (Å²) in [5.41, 5.74) is 2.39. The van der Waals surface area contributed by atoms with Crippen LogP contribution >= 0.6 is 0 Å². The zero-order valence-corrected chi connectivity index (χ0v) is 15.2. The second kappa shape index (κ2) is 8.07. The third-order valence-corrected chi connectivity index (χ3v) is 4.40. The van der Waals surface area contributed by atoms with E-state index in [1.165, 1.54) is 19.2 Å². The normalized spacial score (nSPS) is 14.0. The number of ether oxygens (including phenoxy) is 2. The maximum Gasteiger partial charge on any atom is 0.258 e. The maximum atomic E-state index is 13.8. The van der Waals surface area contributed by atoms with Crippen LogP contribution in [0.4, 0.5) is 10.1 Å². The van der Waals surface area contributed by atoms with E-state index in [0.29, 0.717) is 24.2 Å². The number of fused-ring (bicyclic) bond motifs is 1. The highest BCUT2D eigenvalue weighted by molar-refractivity contribution is 5.94. The van der Waals surface area contributed by atoms with Crippen LogP contribution in [0.5, 0.6) is 11.5 Å². The van der Waals surface area contributed by atoms with Crippen LogP contribution < -0.4 is 20.1 Å². The first-order chi connectivity index (χ1) is 13.0. The Morgan fingerprint density at radius 3 is 2.81 bits per heavy atom. The van der Waals surface area contributed by atoms with E-state index in [2.05, 4.69) is 10.6 Å². The van der Waals surface area contributed by atoms with Crippen molar-refractivity contribution in [3.05, 3.63) is 53.3 Å². The van der Waals surface area contributed by atoms with Crippen molar-refractivity contribution in [2.24, 2.45) is 0 Å². The standard InChI is InChI=1S/C20H21FN2O4/c1-12(13-3-7-18(26-2)16(21)10-13)22-20(25)11-27-15-5-6-17-14(9-15)4-8-19(24)23-17/h3,5-7,9-10,12H,4,8,11H2,1-2H3,(H,22,25)(H,23,24). The molecule has 1 aliphatic heterocycles. The van der Waals surface area contributed by atoms with E-state index in [-0.39, 0.29) is 30.2 Å². The summed E-state index contributed by atoms with van der Waals surface area (Å²) >= 11 is 0. The largest absolute Gasteiger partial charge is 0.494 e. The summed E-state index contributed by atoms with van der Waals surface area (Å²) in [6.07, 6.45) is 1.08. The van der Waals surface area contributed by atoms with Gasteiger partial charge in [-0.3, -0.25) is 9.59 Å². The van der Waals surface area contributed by atoms with Gasteiger partial charge in [-0.05, 0) is 54.8 Å². The molecule has 0 saturated carbocycles. The van der Waals surface area contributed by atoms with Crippen LogP contribution in [-0.4, -0.2) is 25.5 Å². The molecule has 0 spiro atoms. The predicted octanol–water partition coefficient (Wildman–Crippen LogP) is 2.98. The minimum absolute atomic E-state index is 0.000461. The van der Waals surface area contributed by atoms with Gasteiger partial charge in [0.15, 0.2) is 18.2 Å². The first kappa shape index (κ1) is 18.7. The van der Waals surface area contributed by atoms with E-state index in [1.807, 2.05) is 6.07 Å². The number of anilines is 1. The number of nitrogens with one attached hydrogen (secondary N) is 2. The fourth-order valence-electron chi connectivity index (χ4n) is 2.92. The predicted molar refractivity (Wildman–Crippen MR) is 98.4 cm³/mol. The average Bonchev–Trinajstić information content (AvgIpc) is 2.66. The Kier molecular flexibility index (Phi) is 5.59. The molecule has 2 aromatic rings. The summed E-state index contributed by atoms with van der Waals surface area (Å²) in [4.78, 5) is 23.5. The quantitative estimate of drug-likeness (QED) is 0.817. The van der Waals surface area contributed by atoms with Crippen LogP contribution in [0.1, 0.15) is 30.5 Å². The van der Waals surface area contributed by atoms with Gasteiger partial charge < -0.3 is 20.1 Å². The van der Waals surface area contributed by atoms with Crippen molar-refractivity contribution < 1.29 is 23.5 Å². The molecular formula is C20H21FN2O4. The first-order valence-corrected chi connectivity index (χ1v) is 8.64. The molecule has 1 heterocycles. The Labute approximate surface area is 156 Å². The van der Waals surface area contributed by atoms with Crippen molar-refractivity contribution in [2.75, 3.05) is 19.0 Å². The molecule has 6 nitrogen and oxygen atoms in total. The van der Waals surface area contributed by atoms with E-state index in [4.69, 9.17) is 9.47 Å². The highest BCUT2D eigenvalue weighted by Crippen LogP contribution is 2.27. The van der Waals surface area contributed by atoms with Crippen LogP contribution in [0.25, 0.3) is 0 Å². The summed E-state index contributed by atoms with van der Waals surface area (Å²) in [6.45, 7) is 1.61. The Morgan fingerprint density at radius 2 is 2.07 bits per heavy atom. The molecule has 0 saturated heterocycles. The van der Waals surface area contributed by atoms with Gasteiger partial charge in [-0.1, -0.05) is 6.07 Å². The van der Waals surface area contributed by atoms with Gasteiger partial charge >= 0.3 is 0 Å². The molecule has 2 aromatic carbocycles. The number of halogens is 1. The number of hydrogen-bond acceptors (Lipinski definition) is 4. The van der Waals surface area contributed by atoms with Crippen molar-refractivity contribution in [1.29, 1.82) is 0 Å². The minimum Gasteiger partial charge on any atom is -0.494 e. The Balaban J connectivity index is 1.55. The number of hydrogen-bond donors (Lipinski definition) is 2. The van der Waals surface area contributed by atoms with E-state index >= 15 is 0 Å². The van der Waals surface area contributed by atoms with Gasteiger partial charge in [0, 0.05) is 12.1 Å². The van der Waals surface area contributed by atoms with Gasteiger partial charge in [0.25, 0.3) is 5.91 Å². The highest BCUT2D eigenvalue weighted by atomic mass is 19.1. The van der Waals surface area contributed by atoms with Gasteiger partial charge in [0.05, 0.1) is 13.2 Å². The van der Waals surface area contributed by atoms with Gasteiger partial charge in [0.2, 0.25) is 5.91 Å². The van der Waals surface area contributed by atoms with Crippen LogP contribution in [0.15, 0.2) is 36.4 Å². The zero-order valence-electron chi connectivity index (χ0n) is 15.2. The van der Waals surface area contributed by atoms with Crippen molar-refractivity contribution >= 4 is 17.5 Å². The molecule has 0 fully saturated rings. The summed E-state index contributed by atoms with van der Waals surface area (Å²) < 4.78 is 24.2. The second-order valence-corrected chi connectivity index (χ2v) is 6.34. The highest BCUT2D eigenvalue weighted by Gasteiger charge is 2.16. The molecule has 3 rings (SSSR count). The van der Waals surface area contributed by atoms with Gasteiger partial charge in [-0.15, -0.1) is 0 Å². The lowest BCUT2D eigenvalue weighted by Crippen LogP contribution is -2.31. The average molecular weight is 372 g/mol. The second-order valence-electron chi connectivity index (χ2n) is 6.34. The van der Waals surface area contributed by atoms with Crippen LogP contribution in [-0.2, 0) is 16.0 Å². The third kappa shape index (κ3) is 4.55. The molecule has 2 amide bonds. The van der Waals surface area contributed by atoms with Gasteiger partial charge in [0.1, 0.15) is 5.75 Å². The Morgan fingerprint density at radius 1 is 1.26 bits per heavy atom. The SMILES string of the molecule is COc1ccc(C(C)NC(=O)COc2ccc3c(c2)CCC(=O)N3)cc1F. The first-order valence-electron chi connectivity index (χ1n) is 8.64. The molecule has 1 unspecified atom stereocenters. The van der Waals surface area contributed by atoms with E-state index < -0.39 is 5.82 Å². The monoisotopic (exact) mass is 372 g/mol. The molecular weight excluding hydrogens is 351 g/mol. The number of amides is 2.